The topological polar surface area (TPSA) is 79.2 Å². The molecule has 11 heteroatoms. The van der Waals surface area contributed by atoms with Crippen LogP contribution in [-0.4, -0.2) is 62.2 Å². The van der Waals surface area contributed by atoms with Crippen LogP contribution >= 0.6 is 0 Å². The molecule has 1 N–H and O–H groups in total. The minimum atomic E-state index is -0.973. The first-order valence-electron chi connectivity index (χ1n) is 9.72. The zero-order valence-electron chi connectivity index (χ0n) is 16.5. The summed E-state index contributed by atoms with van der Waals surface area (Å²) < 4.78 is 41.1. The number of piperazine rings is 1. The van der Waals surface area contributed by atoms with E-state index in [4.69, 9.17) is 0 Å². The van der Waals surface area contributed by atoms with E-state index in [1.54, 1.807) is 17.0 Å². The molecule has 0 atom stereocenters. The van der Waals surface area contributed by atoms with Gasteiger partial charge >= 0.3 is 6.03 Å². The van der Waals surface area contributed by atoms with Crippen molar-refractivity contribution in [3.63, 3.8) is 0 Å². The van der Waals surface area contributed by atoms with Crippen LogP contribution in [0.1, 0.15) is 11.4 Å². The van der Waals surface area contributed by atoms with E-state index >= 15 is 0 Å². The third-order valence-corrected chi connectivity index (χ3v) is 5.06. The van der Waals surface area contributed by atoms with Gasteiger partial charge in [0.1, 0.15) is 5.82 Å². The summed E-state index contributed by atoms with van der Waals surface area (Å²) in [6, 6.07) is 9.26. The molecule has 0 saturated carbocycles. The second-order valence-corrected chi connectivity index (χ2v) is 7.15. The SMILES string of the molecule is O=C(NCc1ccc(F)cc1)N1CCN(Cc2nnnn2-c2ccc(F)c(F)c2)CC1. The molecule has 1 saturated heterocycles. The number of rotatable bonds is 5. The highest BCUT2D eigenvalue weighted by atomic mass is 19.2. The maximum absolute atomic E-state index is 13.5. The number of tetrazole rings is 1. The van der Waals surface area contributed by atoms with Crippen LogP contribution in [0.15, 0.2) is 42.5 Å². The molecule has 4 rings (SSSR count). The van der Waals surface area contributed by atoms with E-state index in [0.29, 0.717) is 50.8 Å². The van der Waals surface area contributed by atoms with Crippen molar-refractivity contribution in [3.8, 4) is 5.69 Å². The molecule has 1 aromatic heterocycles. The number of hydrogen-bond donors (Lipinski definition) is 1. The maximum atomic E-state index is 13.5. The Labute approximate surface area is 176 Å². The summed E-state index contributed by atoms with van der Waals surface area (Å²) >= 11 is 0. The third kappa shape index (κ3) is 5.00. The van der Waals surface area contributed by atoms with Crippen LogP contribution < -0.4 is 5.32 Å². The lowest BCUT2D eigenvalue weighted by atomic mass is 10.2. The van der Waals surface area contributed by atoms with Gasteiger partial charge < -0.3 is 10.2 Å². The Bertz CT molecular complexity index is 1050. The summed E-state index contributed by atoms with van der Waals surface area (Å²) in [5.41, 5.74) is 1.15. The summed E-state index contributed by atoms with van der Waals surface area (Å²) in [7, 11) is 0. The van der Waals surface area contributed by atoms with Gasteiger partial charge in [-0.1, -0.05) is 12.1 Å². The molecular formula is C20H20F3N7O. The van der Waals surface area contributed by atoms with Crippen LogP contribution in [0.4, 0.5) is 18.0 Å². The predicted octanol–water partition coefficient (Wildman–Crippen LogP) is 2.11. The van der Waals surface area contributed by atoms with Crippen LogP contribution in [-0.2, 0) is 13.1 Å². The number of carbonyl (C=O) groups is 1. The second kappa shape index (κ2) is 9.13. The van der Waals surface area contributed by atoms with Gasteiger partial charge in [-0.3, -0.25) is 4.90 Å². The number of hydrogen-bond acceptors (Lipinski definition) is 5. The zero-order valence-corrected chi connectivity index (χ0v) is 16.5. The molecule has 0 bridgehead atoms. The van der Waals surface area contributed by atoms with Gasteiger partial charge in [-0.15, -0.1) is 5.10 Å². The standard InChI is InChI=1S/C20H20F3N7O/c21-15-3-1-14(2-4-15)12-24-20(31)29-9-7-28(8-10-29)13-19-25-26-27-30(19)16-5-6-17(22)18(23)11-16/h1-6,11H,7-10,12-13H2,(H,24,31). The van der Waals surface area contributed by atoms with Crippen molar-refractivity contribution in [2.45, 2.75) is 13.1 Å². The summed E-state index contributed by atoms with van der Waals surface area (Å²) in [6.45, 7) is 2.96. The first kappa shape index (κ1) is 20.8. The lowest BCUT2D eigenvalue weighted by molar-refractivity contribution is 0.133. The van der Waals surface area contributed by atoms with Crippen molar-refractivity contribution in [1.29, 1.82) is 0 Å². The summed E-state index contributed by atoms with van der Waals surface area (Å²) in [5, 5.41) is 14.3. The number of carbonyl (C=O) groups excluding carboxylic acids is 1. The van der Waals surface area contributed by atoms with Gasteiger partial charge in [0.05, 0.1) is 12.2 Å². The van der Waals surface area contributed by atoms with Gasteiger partial charge in [-0.2, -0.15) is 4.68 Å². The van der Waals surface area contributed by atoms with Gasteiger partial charge in [0.25, 0.3) is 0 Å². The average molecular weight is 431 g/mol. The molecule has 8 nitrogen and oxygen atoms in total. The summed E-state index contributed by atoms with van der Waals surface area (Å²) in [6.07, 6.45) is 0. The first-order chi connectivity index (χ1) is 15.0. The van der Waals surface area contributed by atoms with Crippen molar-refractivity contribution in [2.75, 3.05) is 26.2 Å². The van der Waals surface area contributed by atoms with E-state index in [1.165, 1.54) is 22.9 Å². The molecule has 2 aromatic carbocycles. The van der Waals surface area contributed by atoms with E-state index < -0.39 is 11.6 Å². The monoisotopic (exact) mass is 431 g/mol. The van der Waals surface area contributed by atoms with Gasteiger partial charge in [-0.25, -0.2) is 18.0 Å². The number of nitrogens with one attached hydrogen (secondary N) is 1. The van der Waals surface area contributed by atoms with E-state index in [-0.39, 0.29) is 11.8 Å². The number of nitrogens with zero attached hydrogens (tertiary/aromatic N) is 6. The van der Waals surface area contributed by atoms with E-state index in [0.717, 1.165) is 17.7 Å². The van der Waals surface area contributed by atoms with Crippen LogP contribution in [0.5, 0.6) is 0 Å². The van der Waals surface area contributed by atoms with Crippen molar-refractivity contribution < 1.29 is 18.0 Å². The third-order valence-electron chi connectivity index (χ3n) is 5.06. The predicted molar refractivity (Wildman–Crippen MR) is 105 cm³/mol. The Balaban J connectivity index is 1.29. The molecule has 0 unspecified atom stereocenters. The number of amides is 2. The average Bonchev–Trinajstić information content (AvgIpc) is 3.23. The maximum Gasteiger partial charge on any atom is 0.317 e. The minimum absolute atomic E-state index is 0.185. The van der Waals surface area contributed by atoms with Gasteiger partial charge in [-0.05, 0) is 40.3 Å². The highest BCUT2D eigenvalue weighted by Gasteiger charge is 2.23. The molecule has 31 heavy (non-hydrogen) atoms. The quantitative estimate of drug-likeness (QED) is 0.670. The van der Waals surface area contributed by atoms with E-state index in [2.05, 4.69) is 25.7 Å². The largest absolute Gasteiger partial charge is 0.334 e. The van der Waals surface area contributed by atoms with E-state index in [1.807, 2.05) is 0 Å². The molecule has 0 spiro atoms. The minimum Gasteiger partial charge on any atom is -0.334 e. The van der Waals surface area contributed by atoms with Crippen molar-refractivity contribution in [3.05, 3.63) is 71.3 Å². The van der Waals surface area contributed by atoms with Crippen LogP contribution in [0.3, 0.4) is 0 Å². The molecule has 1 fully saturated rings. The van der Waals surface area contributed by atoms with Crippen LogP contribution in [0.25, 0.3) is 5.69 Å². The van der Waals surface area contributed by atoms with Gasteiger partial charge in [0, 0.05) is 38.8 Å². The van der Waals surface area contributed by atoms with Crippen LogP contribution in [0.2, 0.25) is 0 Å². The van der Waals surface area contributed by atoms with Crippen molar-refractivity contribution in [1.82, 2.24) is 35.3 Å². The molecule has 1 aliphatic heterocycles. The zero-order chi connectivity index (χ0) is 21.8. The fraction of sp³-hybridized carbons (Fsp3) is 0.300. The molecule has 162 valence electrons. The number of halogens is 3. The smallest absolute Gasteiger partial charge is 0.317 e. The normalized spacial score (nSPS) is 14.6. The lowest BCUT2D eigenvalue weighted by Crippen LogP contribution is -2.51. The van der Waals surface area contributed by atoms with Crippen molar-refractivity contribution in [2.24, 2.45) is 0 Å². The van der Waals surface area contributed by atoms with Gasteiger partial charge in [0.15, 0.2) is 17.5 Å². The Morgan fingerprint density at radius 3 is 2.42 bits per heavy atom. The number of urea groups is 1. The van der Waals surface area contributed by atoms with Crippen molar-refractivity contribution >= 4 is 6.03 Å². The highest BCUT2D eigenvalue weighted by molar-refractivity contribution is 5.74. The Hall–Kier alpha value is -3.47. The lowest BCUT2D eigenvalue weighted by Gasteiger charge is -2.34. The first-order valence-corrected chi connectivity index (χ1v) is 9.72. The Morgan fingerprint density at radius 1 is 0.968 bits per heavy atom. The molecule has 2 amide bonds. The number of aromatic nitrogens is 4. The Morgan fingerprint density at radius 2 is 1.71 bits per heavy atom. The molecule has 3 aromatic rings. The number of benzene rings is 2. The fourth-order valence-corrected chi connectivity index (χ4v) is 3.32. The molecular weight excluding hydrogens is 411 g/mol. The summed E-state index contributed by atoms with van der Waals surface area (Å²) in [4.78, 5) is 16.2. The highest BCUT2D eigenvalue weighted by Crippen LogP contribution is 2.15. The fourth-order valence-electron chi connectivity index (χ4n) is 3.32. The van der Waals surface area contributed by atoms with Crippen LogP contribution in [0, 0.1) is 17.5 Å². The molecule has 1 aliphatic rings. The Kier molecular flexibility index (Phi) is 6.12. The molecule has 0 radical (unpaired) electrons. The molecule has 0 aliphatic carbocycles. The van der Waals surface area contributed by atoms with E-state index in [9.17, 15) is 18.0 Å². The second-order valence-electron chi connectivity index (χ2n) is 7.15. The molecule has 2 heterocycles. The van der Waals surface area contributed by atoms with Gasteiger partial charge in [0.2, 0.25) is 0 Å². The summed E-state index contributed by atoms with van der Waals surface area (Å²) in [5.74, 6) is -1.74.